The number of benzene rings is 7. The predicted octanol–water partition coefficient (Wildman–Crippen LogP) is 2.83. The monoisotopic (exact) mass is 700 g/mol. The highest BCUT2D eigenvalue weighted by molar-refractivity contribution is 6.68. The minimum absolute atomic E-state index is 0.608. The van der Waals surface area contributed by atoms with E-state index in [1.54, 1.807) is 0 Å². The van der Waals surface area contributed by atoms with Crippen molar-refractivity contribution in [3.63, 3.8) is 0 Å². The van der Waals surface area contributed by atoms with E-state index in [-0.39, 0.29) is 0 Å². The van der Waals surface area contributed by atoms with Gasteiger partial charge in [0, 0.05) is 32.8 Å². The van der Waals surface area contributed by atoms with Gasteiger partial charge in [0.05, 0.1) is 22.1 Å². The average molecular weight is 700 g/mol. The van der Waals surface area contributed by atoms with Crippen LogP contribution in [0, 0.1) is 0 Å². The van der Waals surface area contributed by atoms with Crippen LogP contribution in [0.15, 0.2) is 144 Å². The lowest BCUT2D eigenvalue weighted by molar-refractivity contribution is 0.669. The van der Waals surface area contributed by atoms with Crippen molar-refractivity contribution < 1.29 is 4.42 Å². The zero-order valence-electron chi connectivity index (χ0n) is 31.5. The van der Waals surface area contributed by atoms with Crippen molar-refractivity contribution in [2.75, 3.05) is 0 Å². The Morgan fingerprint density at radius 2 is 1.02 bits per heavy atom. The molecule has 3 heterocycles. The molecule has 0 spiro atoms. The average Bonchev–Trinajstić information content (AvgIpc) is 3.78. The van der Waals surface area contributed by atoms with E-state index in [1.807, 2.05) is 18.2 Å². The summed E-state index contributed by atoms with van der Waals surface area (Å²) in [6.07, 6.45) is 0. The van der Waals surface area contributed by atoms with Gasteiger partial charge in [-0.2, -0.15) is 0 Å². The van der Waals surface area contributed by atoms with Crippen LogP contribution in [0.1, 0.15) is 0 Å². The highest BCUT2D eigenvalue weighted by Crippen LogP contribution is 2.42. The molecule has 0 aliphatic heterocycles. The maximum absolute atomic E-state index is 6.70. The van der Waals surface area contributed by atoms with Gasteiger partial charge in [-0.15, -0.1) is 16.4 Å². The number of fused-ring (bicyclic) bond motifs is 6. The molecule has 7 aromatic carbocycles. The first-order valence-corrected chi connectivity index (χ1v) is 18.8. The Bertz CT molecular complexity index is 3130. The highest BCUT2D eigenvalue weighted by Gasteiger charge is 2.22. The molecule has 254 valence electrons. The van der Waals surface area contributed by atoms with E-state index in [0.29, 0.717) is 17.5 Å². The van der Waals surface area contributed by atoms with Crippen LogP contribution in [0.25, 0.3) is 94.7 Å². The molecule has 0 radical (unpaired) electrons. The third-order valence-corrected chi connectivity index (χ3v) is 11.6. The Morgan fingerprint density at radius 1 is 0.418 bits per heavy atom. The highest BCUT2D eigenvalue weighted by atomic mass is 16.3. The van der Waals surface area contributed by atoms with Crippen molar-refractivity contribution >= 4 is 110 Å². The zero-order chi connectivity index (χ0) is 37.4. The van der Waals surface area contributed by atoms with E-state index >= 15 is 0 Å². The molecule has 0 aliphatic carbocycles. The number of furan rings is 1. The Hall–Kier alpha value is -6.53. The normalized spacial score (nSPS) is 11.6. The minimum atomic E-state index is 0.608. The fraction of sp³-hybridized carbons (Fsp3) is 0. The van der Waals surface area contributed by atoms with Gasteiger partial charge in [0.25, 0.3) is 0 Å². The molecule has 3 aromatic heterocycles. The lowest BCUT2D eigenvalue weighted by Gasteiger charge is -2.20. The number of nitrogens with zero attached hydrogens (tertiary/aromatic N) is 4. The summed E-state index contributed by atoms with van der Waals surface area (Å²) in [7, 11) is 10.9. The second kappa shape index (κ2) is 12.8. The van der Waals surface area contributed by atoms with Crippen LogP contribution in [0.2, 0.25) is 0 Å². The van der Waals surface area contributed by atoms with E-state index in [2.05, 4.69) is 165 Å². The number of rotatable bonds is 5. The van der Waals surface area contributed by atoms with E-state index < -0.39 is 0 Å². The molecule has 10 rings (SSSR count). The van der Waals surface area contributed by atoms with Crippen molar-refractivity contribution in [1.29, 1.82) is 0 Å². The first-order chi connectivity index (χ1) is 26.9. The van der Waals surface area contributed by atoms with Gasteiger partial charge in [0.1, 0.15) is 50.4 Å². The SMILES string of the molecule is Bc1c(B)c(B)c(-c2nc(-c3ccccc3)nc(-c3ccc4c(c3)oc3cccc(-n5c6ccccc6c6c(-c7ccccc7)cccc65)c34)n2)c(B)c1B. The molecule has 0 bridgehead atoms. The van der Waals surface area contributed by atoms with Crippen LogP contribution in [0.4, 0.5) is 0 Å². The van der Waals surface area contributed by atoms with Crippen LogP contribution in [0.5, 0.6) is 0 Å². The second-order valence-electron chi connectivity index (χ2n) is 14.6. The largest absolute Gasteiger partial charge is 0.456 e. The van der Waals surface area contributed by atoms with Gasteiger partial charge in [-0.25, -0.2) is 15.0 Å². The van der Waals surface area contributed by atoms with Crippen LogP contribution in [-0.4, -0.2) is 58.8 Å². The van der Waals surface area contributed by atoms with Crippen LogP contribution < -0.4 is 27.3 Å². The van der Waals surface area contributed by atoms with Gasteiger partial charge < -0.3 is 8.98 Å². The Balaban J connectivity index is 1.18. The van der Waals surface area contributed by atoms with Crippen molar-refractivity contribution in [2.45, 2.75) is 0 Å². The third kappa shape index (κ3) is 5.19. The van der Waals surface area contributed by atoms with Crippen LogP contribution in [0.3, 0.4) is 0 Å². The van der Waals surface area contributed by atoms with Gasteiger partial charge in [0.2, 0.25) is 0 Å². The predicted molar refractivity (Wildman–Crippen MR) is 244 cm³/mol. The van der Waals surface area contributed by atoms with E-state index in [9.17, 15) is 0 Å². The molecule has 0 amide bonds. The minimum Gasteiger partial charge on any atom is -0.456 e. The molecule has 0 N–H and O–H groups in total. The fourth-order valence-corrected chi connectivity index (χ4v) is 8.44. The Labute approximate surface area is 323 Å². The third-order valence-electron chi connectivity index (χ3n) is 11.6. The van der Waals surface area contributed by atoms with Crippen molar-refractivity contribution in [3.8, 4) is 51.0 Å². The summed E-state index contributed by atoms with van der Waals surface area (Å²) < 4.78 is 9.09. The summed E-state index contributed by atoms with van der Waals surface area (Å²) in [6.45, 7) is 0. The van der Waals surface area contributed by atoms with Gasteiger partial charge in [-0.1, -0.05) is 114 Å². The lowest BCUT2D eigenvalue weighted by atomic mass is 9.60. The lowest BCUT2D eigenvalue weighted by Crippen LogP contribution is -2.55. The van der Waals surface area contributed by atoms with E-state index in [1.165, 1.54) is 49.2 Å². The Kier molecular flexibility index (Phi) is 7.70. The van der Waals surface area contributed by atoms with E-state index in [4.69, 9.17) is 19.4 Å². The number of para-hydroxylation sites is 1. The topological polar surface area (TPSA) is 56.7 Å². The number of hydrogen-bond donors (Lipinski definition) is 0. The zero-order valence-corrected chi connectivity index (χ0v) is 31.5. The van der Waals surface area contributed by atoms with Crippen LogP contribution in [-0.2, 0) is 0 Å². The van der Waals surface area contributed by atoms with Crippen molar-refractivity contribution in [2.24, 2.45) is 0 Å². The molecule has 0 aliphatic rings. The molecule has 0 saturated heterocycles. The summed E-state index contributed by atoms with van der Waals surface area (Å²) in [5.41, 5.74) is 16.5. The van der Waals surface area contributed by atoms with Gasteiger partial charge in [-0.05, 0) is 47.5 Å². The maximum Gasteiger partial charge on any atom is 0.164 e. The molecule has 55 heavy (non-hydrogen) atoms. The molecule has 0 atom stereocenters. The molecule has 10 heteroatoms. The molecule has 0 unspecified atom stereocenters. The second-order valence-corrected chi connectivity index (χ2v) is 14.6. The van der Waals surface area contributed by atoms with Crippen molar-refractivity contribution in [1.82, 2.24) is 19.5 Å². The molecule has 0 fully saturated rings. The van der Waals surface area contributed by atoms with Gasteiger partial charge in [-0.3, -0.25) is 0 Å². The smallest absolute Gasteiger partial charge is 0.164 e. The molecular formula is C45H33B5N4O. The van der Waals surface area contributed by atoms with Crippen LogP contribution >= 0.6 is 0 Å². The first kappa shape index (κ1) is 33.1. The summed E-state index contributed by atoms with van der Waals surface area (Å²) >= 11 is 0. The van der Waals surface area contributed by atoms with Gasteiger partial charge in [0.15, 0.2) is 17.5 Å². The fourth-order valence-electron chi connectivity index (χ4n) is 8.44. The number of hydrogen-bond acceptors (Lipinski definition) is 4. The van der Waals surface area contributed by atoms with Crippen molar-refractivity contribution in [3.05, 3.63) is 140 Å². The van der Waals surface area contributed by atoms with E-state index in [0.717, 1.165) is 55.3 Å². The summed E-state index contributed by atoms with van der Waals surface area (Å²) in [5.74, 6) is 1.93. The summed E-state index contributed by atoms with van der Waals surface area (Å²) in [6, 6.07) is 48.8. The van der Waals surface area contributed by atoms with Gasteiger partial charge >= 0.3 is 0 Å². The molecule has 10 aromatic rings. The first-order valence-electron chi connectivity index (χ1n) is 18.8. The standard InChI is InChI=1S/C45H33B5N4O/c46-38-37(39(47)41(49)42(50)40(38)48)45-52-43(25-13-5-2-6-14-25)51-44(53-45)26-21-22-29-34(23-26)55-33-20-10-19-32(36(29)33)54-30-17-8-7-15-28(30)35-27(16-9-18-31(35)54)24-11-3-1-4-12-24/h1-23H,46-50H2. The summed E-state index contributed by atoms with van der Waals surface area (Å²) in [5, 5.41) is 4.55. The maximum atomic E-state index is 6.70. The number of aromatic nitrogens is 4. The molecular weight excluding hydrogens is 667 g/mol. The quantitative estimate of drug-likeness (QED) is 0.260. The summed E-state index contributed by atoms with van der Waals surface area (Å²) in [4.78, 5) is 15.4. The Morgan fingerprint density at radius 3 is 1.76 bits per heavy atom. The molecule has 0 saturated carbocycles. The molecule has 5 nitrogen and oxygen atoms in total.